The van der Waals surface area contributed by atoms with Gasteiger partial charge < -0.3 is 14.8 Å². The number of fused-ring (bicyclic) bond motifs is 1. The van der Waals surface area contributed by atoms with E-state index >= 15 is 0 Å². The van der Waals surface area contributed by atoms with E-state index in [4.69, 9.17) is 9.47 Å². The fraction of sp³-hybridized carbons (Fsp3) is 0.167. The molecule has 0 unspecified atom stereocenters. The minimum absolute atomic E-state index is 0.269. The summed E-state index contributed by atoms with van der Waals surface area (Å²) in [6.45, 7) is 1.06. The monoisotopic (exact) mass is 320 g/mol. The minimum Gasteiger partial charge on any atom is -0.454 e. The number of hydrogen-bond acceptors (Lipinski definition) is 6. The van der Waals surface area contributed by atoms with Crippen LogP contribution in [0.2, 0.25) is 0 Å². The molecule has 0 saturated carbocycles. The topological polar surface area (TPSA) is 69.2 Å². The number of nitrogens with zero attached hydrogens (tertiary/aromatic N) is 3. The Morgan fingerprint density at radius 3 is 2.67 bits per heavy atom. The molecule has 0 saturated heterocycles. The van der Waals surface area contributed by atoms with Crippen LogP contribution >= 0.6 is 0 Å². The summed E-state index contributed by atoms with van der Waals surface area (Å²) < 4.78 is 10.7. The third-order valence-corrected chi connectivity index (χ3v) is 3.79. The number of aromatic nitrogens is 3. The van der Waals surface area contributed by atoms with E-state index in [0.717, 1.165) is 41.5 Å². The van der Waals surface area contributed by atoms with Gasteiger partial charge in [-0.3, -0.25) is 9.97 Å². The van der Waals surface area contributed by atoms with Crippen LogP contribution in [0.1, 0.15) is 5.56 Å². The van der Waals surface area contributed by atoms with Crippen molar-refractivity contribution in [2.45, 2.75) is 6.42 Å². The molecular weight excluding hydrogens is 304 g/mol. The average Bonchev–Trinajstić information content (AvgIpc) is 3.11. The fourth-order valence-corrected chi connectivity index (χ4v) is 2.51. The van der Waals surface area contributed by atoms with E-state index in [1.807, 2.05) is 30.3 Å². The van der Waals surface area contributed by atoms with Crippen LogP contribution in [0.25, 0.3) is 11.3 Å². The van der Waals surface area contributed by atoms with Gasteiger partial charge in [0.2, 0.25) is 6.79 Å². The van der Waals surface area contributed by atoms with Gasteiger partial charge >= 0.3 is 0 Å². The molecule has 0 aliphatic carbocycles. The first kappa shape index (κ1) is 14.4. The Bertz CT molecular complexity index is 822. The standard InChI is InChI=1S/C18H16N4O2/c1-2-16-17(24-12-23-16)9-14(1)15-10-22-18(11-21-15)20-8-5-13-3-6-19-7-4-13/h1-4,6-7,9-11H,5,8,12H2,(H,20,22). The quantitative estimate of drug-likeness (QED) is 0.779. The summed E-state index contributed by atoms with van der Waals surface area (Å²) in [4.78, 5) is 12.9. The zero-order chi connectivity index (χ0) is 16.2. The van der Waals surface area contributed by atoms with Crippen molar-refractivity contribution < 1.29 is 9.47 Å². The number of anilines is 1. The highest BCUT2D eigenvalue weighted by Gasteiger charge is 2.14. The SMILES string of the molecule is c1cc(CCNc2cnc(-c3ccc4c(c3)OCO4)cn2)ccn1. The summed E-state index contributed by atoms with van der Waals surface area (Å²) >= 11 is 0. The smallest absolute Gasteiger partial charge is 0.231 e. The van der Waals surface area contributed by atoms with Gasteiger partial charge in [0, 0.05) is 24.5 Å². The normalized spacial score (nSPS) is 12.2. The van der Waals surface area contributed by atoms with Crippen molar-refractivity contribution in [3.63, 3.8) is 0 Å². The van der Waals surface area contributed by atoms with Crippen LogP contribution in [0.3, 0.4) is 0 Å². The number of rotatable bonds is 5. The Labute approximate surface area is 139 Å². The van der Waals surface area contributed by atoms with Gasteiger partial charge in [0.25, 0.3) is 0 Å². The Kier molecular flexibility index (Phi) is 3.93. The van der Waals surface area contributed by atoms with Crippen molar-refractivity contribution in [1.29, 1.82) is 0 Å². The molecule has 1 N–H and O–H groups in total. The van der Waals surface area contributed by atoms with Gasteiger partial charge in [-0.1, -0.05) is 0 Å². The van der Waals surface area contributed by atoms with E-state index in [1.54, 1.807) is 24.8 Å². The third kappa shape index (κ3) is 3.12. The predicted molar refractivity (Wildman–Crippen MR) is 90.0 cm³/mol. The number of benzene rings is 1. The Hall–Kier alpha value is -3.15. The first-order valence-electron chi connectivity index (χ1n) is 7.73. The molecule has 4 rings (SSSR count). The Morgan fingerprint density at radius 2 is 1.83 bits per heavy atom. The lowest BCUT2D eigenvalue weighted by atomic mass is 10.1. The second kappa shape index (κ2) is 6.54. The van der Waals surface area contributed by atoms with Crippen LogP contribution in [-0.4, -0.2) is 28.3 Å². The van der Waals surface area contributed by atoms with Gasteiger partial charge in [0.05, 0.1) is 18.1 Å². The third-order valence-electron chi connectivity index (χ3n) is 3.79. The van der Waals surface area contributed by atoms with E-state index in [9.17, 15) is 0 Å². The summed E-state index contributed by atoms with van der Waals surface area (Å²) in [5.74, 6) is 2.27. The summed E-state index contributed by atoms with van der Waals surface area (Å²) in [5, 5.41) is 3.27. The van der Waals surface area contributed by atoms with Gasteiger partial charge in [-0.25, -0.2) is 4.98 Å². The Balaban J connectivity index is 1.39. The first-order chi connectivity index (χ1) is 11.9. The molecule has 6 heteroatoms. The first-order valence-corrected chi connectivity index (χ1v) is 7.73. The van der Waals surface area contributed by atoms with Crippen molar-refractivity contribution in [2.24, 2.45) is 0 Å². The molecule has 3 heterocycles. The maximum absolute atomic E-state index is 5.39. The lowest BCUT2D eigenvalue weighted by Gasteiger charge is -2.07. The average molecular weight is 320 g/mol. The lowest BCUT2D eigenvalue weighted by molar-refractivity contribution is 0.174. The molecule has 1 aliphatic heterocycles. The molecule has 0 radical (unpaired) electrons. The molecule has 120 valence electrons. The zero-order valence-corrected chi connectivity index (χ0v) is 13.0. The highest BCUT2D eigenvalue weighted by atomic mass is 16.7. The van der Waals surface area contributed by atoms with Crippen LogP contribution in [0.15, 0.2) is 55.1 Å². The number of nitrogens with one attached hydrogen (secondary N) is 1. The molecule has 0 bridgehead atoms. The second-order valence-corrected chi connectivity index (χ2v) is 5.39. The molecule has 6 nitrogen and oxygen atoms in total. The molecular formula is C18H16N4O2. The molecule has 0 spiro atoms. The van der Waals surface area contributed by atoms with Gasteiger partial charge in [-0.15, -0.1) is 0 Å². The van der Waals surface area contributed by atoms with Crippen molar-refractivity contribution in [1.82, 2.24) is 15.0 Å². The van der Waals surface area contributed by atoms with Crippen molar-refractivity contribution >= 4 is 5.82 Å². The zero-order valence-electron chi connectivity index (χ0n) is 13.0. The number of ether oxygens (including phenoxy) is 2. The highest BCUT2D eigenvalue weighted by Crippen LogP contribution is 2.35. The molecule has 1 aromatic carbocycles. The molecule has 2 aromatic heterocycles. The second-order valence-electron chi connectivity index (χ2n) is 5.39. The van der Waals surface area contributed by atoms with E-state index in [2.05, 4.69) is 20.3 Å². The van der Waals surface area contributed by atoms with Crippen LogP contribution in [0.4, 0.5) is 5.82 Å². The number of pyridine rings is 1. The summed E-state index contributed by atoms with van der Waals surface area (Å²) in [6, 6.07) is 9.78. The molecule has 0 fully saturated rings. The van der Waals surface area contributed by atoms with Crippen molar-refractivity contribution in [2.75, 3.05) is 18.7 Å². The van der Waals surface area contributed by atoms with E-state index in [1.165, 1.54) is 5.56 Å². The largest absolute Gasteiger partial charge is 0.454 e. The summed E-state index contributed by atoms with van der Waals surface area (Å²) in [7, 11) is 0. The fourth-order valence-electron chi connectivity index (χ4n) is 2.51. The molecule has 24 heavy (non-hydrogen) atoms. The lowest BCUT2D eigenvalue weighted by Crippen LogP contribution is -2.06. The molecule has 3 aromatic rings. The highest BCUT2D eigenvalue weighted by molar-refractivity contribution is 5.64. The van der Waals surface area contributed by atoms with Crippen molar-refractivity contribution in [3.8, 4) is 22.8 Å². The summed E-state index contributed by atoms with van der Waals surface area (Å²) in [5.41, 5.74) is 2.99. The van der Waals surface area contributed by atoms with Crippen LogP contribution in [0, 0.1) is 0 Å². The van der Waals surface area contributed by atoms with Gasteiger partial charge in [0.1, 0.15) is 5.82 Å². The Morgan fingerprint density at radius 1 is 0.958 bits per heavy atom. The van der Waals surface area contributed by atoms with Gasteiger partial charge in [-0.2, -0.15) is 0 Å². The van der Waals surface area contributed by atoms with E-state index in [0.29, 0.717) is 0 Å². The maximum atomic E-state index is 5.39. The molecule has 0 atom stereocenters. The predicted octanol–water partition coefficient (Wildman–Crippen LogP) is 2.92. The van der Waals surface area contributed by atoms with Crippen LogP contribution in [-0.2, 0) is 6.42 Å². The minimum atomic E-state index is 0.269. The molecule has 1 aliphatic rings. The van der Waals surface area contributed by atoms with Gasteiger partial charge in [0.15, 0.2) is 11.5 Å². The molecule has 0 amide bonds. The number of hydrogen-bond donors (Lipinski definition) is 1. The van der Waals surface area contributed by atoms with E-state index < -0.39 is 0 Å². The van der Waals surface area contributed by atoms with Gasteiger partial charge in [-0.05, 0) is 42.3 Å². The van der Waals surface area contributed by atoms with E-state index in [-0.39, 0.29) is 6.79 Å². The maximum Gasteiger partial charge on any atom is 0.231 e. The van der Waals surface area contributed by atoms with Crippen LogP contribution in [0.5, 0.6) is 11.5 Å². The van der Waals surface area contributed by atoms with Crippen molar-refractivity contribution in [3.05, 3.63) is 60.7 Å². The van der Waals surface area contributed by atoms with Crippen LogP contribution < -0.4 is 14.8 Å². The summed E-state index contributed by atoms with van der Waals surface area (Å²) in [6.07, 6.45) is 8.01.